The van der Waals surface area contributed by atoms with Gasteiger partial charge in [-0.2, -0.15) is 0 Å². The van der Waals surface area contributed by atoms with E-state index >= 15 is 0 Å². The Balaban J connectivity index is 1.32. The molecule has 0 radical (unpaired) electrons. The van der Waals surface area contributed by atoms with Crippen LogP contribution in [-0.4, -0.2) is 65.9 Å². The summed E-state index contributed by atoms with van der Waals surface area (Å²) in [5.41, 5.74) is 7.63. The van der Waals surface area contributed by atoms with Crippen molar-refractivity contribution in [1.29, 1.82) is 0 Å². The first kappa shape index (κ1) is 19.9. The van der Waals surface area contributed by atoms with Crippen LogP contribution in [0.5, 0.6) is 0 Å². The summed E-state index contributed by atoms with van der Waals surface area (Å²) in [7, 11) is 0. The average molecular weight is 422 g/mol. The molecule has 0 bridgehead atoms. The Morgan fingerprint density at radius 2 is 2.04 bits per heavy atom. The Hall–Kier alpha value is -1.42. The molecule has 4 rings (SSSR count). The van der Waals surface area contributed by atoms with Gasteiger partial charge in [-0.1, -0.05) is 18.2 Å². The number of hydrogen-bond donors (Lipinski definition) is 2. The molecule has 7 nitrogen and oxygen atoms in total. The third-order valence-electron chi connectivity index (χ3n) is 5.26. The van der Waals surface area contributed by atoms with Crippen LogP contribution in [0.25, 0.3) is 10.2 Å². The number of carbonyl (C=O) groups excluding carboxylic acids is 1. The summed E-state index contributed by atoms with van der Waals surface area (Å²) in [4.78, 5) is 26.0. The number of nitrogens with one attached hydrogen (secondary N) is 1. The zero-order valence-electron chi connectivity index (χ0n) is 16.0. The maximum atomic E-state index is 12.1. The smallest absolute Gasteiger partial charge is 0.230 e. The van der Waals surface area contributed by atoms with Gasteiger partial charge < -0.3 is 15.8 Å². The summed E-state index contributed by atoms with van der Waals surface area (Å²) in [6, 6.07) is 0. The second kappa shape index (κ2) is 9.39. The summed E-state index contributed by atoms with van der Waals surface area (Å²) < 4.78 is 5.33. The minimum atomic E-state index is 0.00231. The van der Waals surface area contributed by atoms with Gasteiger partial charge in [-0.3, -0.25) is 9.69 Å². The Labute approximate surface area is 173 Å². The number of nitrogen functional groups attached to an aromatic ring is 1. The van der Waals surface area contributed by atoms with Crippen LogP contribution in [0, 0.1) is 0 Å². The number of ether oxygens (including phenoxy) is 1. The highest BCUT2D eigenvalue weighted by Gasteiger charge is 2.19. The number of nitrogens with two attached hydrogens (primary N) is 1. The van der Waals surface area contributed by atoms with Crippen LogP contribution < -0.4 is 11.1 Å². The standard InChI is InChI=1S/C19H27N5O2S2/c20-17-16-13-4-2-1-3-5-14(13)28-18(16)23-19(22-17)27-12-15(25)21-6-7-24-8-10-26-11-9-24/h1-12H2,(H,21,25)(H2,20,22,23). The van der Waals surface area contributed by atoms with Crippen LogP contribution in [0.2, 0.25) is 0 Å². The predicted molar refractivity (Wildman–Crippen MR) is 114 cm³/mol. The van der Waals surface area contributed by atoms with Crippen molar-refractivity contribution in [1.82, 2.24) is 20.2 Å². The summed E-state index contributed by atoms with van der Waals surface area (Å²) >= 11 is 3.10. The maximum absolute atomic E-state index is 12.1. The Bertz CT molecular complexity index is 835. The molecule has 0 aromatic carbocycles. The first-order chi connectivity index (χ1) is 13.7. The fourth-order valence-corrected chi connectivity index (χ4v) is 5.77. The van der Waals surface area contributed by atoms with Crippen molar-refractivity contribution in [2.24, 2.45) is 0 Å². The van der Waals surface area contributed by atoms with E-state index in [1.807, 2.05) is 0 Å². The number of carbonyl (C=O) groups is 1. The molecular formula is C19H27N5O2S2. The van der Waals surface area contributed by atoms with Crippen molar-refractivity contribution in [3.63, 3.8) is 0 Å². The number of anilines is 1. The lowest BCUT2D eigenvalue weighted by Crippen LogP contribution is -2.41. The van der Waals surface area contributed by atoms with Gasteiger partial charge in [0.25, 0.3) is 0 Å². The second-order valence-electron chi connectivity index (χ2n) is 7.23. The fourth-order valence-electron chi connectivity index (χ4n) is 3.77. The van der Waals surface area contributed by atoms with E-state index in [1.165, 1.54) is 41.5 Å². The monoisotopic (exact) mass is 421 g/mol. The van der Waals surface area contributed by atoms with Crippen LogP contribution in [0.4, 0.5) is 5.82 Å². The van der Waals surface area contributed by atoms with Crippen LogP contribution in [0.15, 0.2) is 5.16 Å². The molecule has 28 heavy (non-hydrogen) atoms. The summed E-state index contributed by atoms with van der Waals surface area (Å²) in [6.45, 7) is 4.93. The van der Waals surface area contributed by atoms with Gasteiger partial charge in [-0.15, -0.1) is 11.3 Å². The van der Waals surface area contributed by atoms with Gasteiger partial charge in [0.1, 0.15) is 10.6 Å². The van der Waals surface area contributed by atoms with Crippen molar-refractivity contribution >= 4 is 45.0 Å². The van der Waals surface area contributed by atoms with Gasteiger partial charge in [-0.25, -0.2) is 9.97 Å². The van der Waals surface area contributed by atoms with E-state index < -0.39 is 0 Å². The van der Waals surface area contributed by atoms with E-state index in [9.17, 15) is 4.79 Å². The minimum Gasteiger partial charge on any atom is -0.383 e. The molecule has 9 heteroatoms. The van der Waals surface area contributed by atoms with Gasteiger partial charge in [0.05, 0.1) is 24.4 Å². The van der Waals surface area contributed by atoms with E-state index in [-0.39, 0.29) is 5.91 Å². The third kappa shape index (κ3) is 4.76. The summed E-state index contributed by atoms with van der Waals surface area (Å²) in [5.74, 6) is 0.862. The van der Waals surface area contributed by atoms with Gasteiger partial charge in [0.15, 0.2) is 5.16 Å². The number of thioether (sulfide) groups is 1. The predicted octanol–water partition coefficient (Wildman–Crippen LogP) is 2.08. The van der Waals surface area contributed by atoms with Crippen molar-refractivity contribution < 1.29 is 9.53 Å². The van der Waals surface area contributed by atoms with Gasteiger partial charge in [0.2, 0.25) is 5.91 Å². The van der Waals surface area contributed by atoms with Crippen LogP contribution in [-0.2, 0) is 22.4 Å². The lowest BCUT2D eigenvalue weighted by Gasteiger charge is -2.26. The van der Waals surface area contributed by atoms with Crippen LogP contribution >= 0.6 is 23.1 Å². The molecule has 1 aliphatic heterocycles. The normalized spacial score (nSPS) is 18.0. The molecule has 1 aliphatic carbocycles. The highest BCUT2D eigenvalue weighted by atomic mass is 32.2. The molecule has 0 atom stereocenters. The molecule has 0 unspecified atom stereocenters. The number of aromatic nitrogens is 2. The topological polar surface area (TPSA) is 93.4 Å². The number of aryl methyl sites for hydroxylation is 2. The highest BCUT2D eigenvalue weighted by Crippen LogP contribution is 2.37. The van der Waals surface area contributed by atoms with Crippen molar-refractivity contribution in [3.05, 3.63) is 10.4 Å². The van der Waals surface area contributed by atoms with E-state index in [4.69, 9.17) is 10.5 Å². The second-order valence-corrected chi connectivity index (χ2v) is 9.25. The summed E-state index contributed by atoms with van der Waals surface area (Å²) in [5, 5.41) is 4.60. The lowest BCUT2D eigenvalue weighted by atomic mass is 10.1. The molecule has 152 valence electrons. The molecule has 1 saturated heterocycles. The SMILES string of the molecule is Nc1nc(SCC(=O)NCCN2CCOCC2)nc2sc3c(c12)CCCCC3. The number of rotatable bonds is 6. The number of hydrogen-bond acceptors (Lipinski definition) is 8. The average Bonchev–Trinajstić information content (AvgIpc) is 2.89. The number of amides is 1. The van der Waals surface area contributed by atoms with E-state index in [1.54, 1.807) is 11.3 Å². The molecule has 2 aromatic heterocycles. The largest absolute Gasteiger partial charge is 0.383 e. The molecule has 2 aromatic rings. The number of morpholine rings is 1. The number of thiophene rings is 1. The Morgan fingerprint density at radius 1 is 1.21 bits per heavy atom. The van der Waals surface area contributed by atoms with Crippen LogP contribution in [0.3, 0.4) is 0 Å². The zero-order chi connectivity index (χ0) is 19.3. The van der Waals surface area contributed by atoms with Crippen molar-refractivity contribution in [3.8, 4) is 0 Å². The van der Waals surface area contributed by atoms with Gasteiger partial charge in [0, 0.05) is 31.1 Å². The molecule has 2 aliphatic rings. The van der Waals surface area contributed by atoms with Gasteiger partial charge in [-0.05, 0) is 31.2 Å². The number of fused-ring (bicyclic) bond motifs is 3. The Morgan fingerprint density at radius 3 is 2.89 bits per heavy atom. The molecule has 0 saturated carbocycles. The van der Waals surface area contributed by atoms with E-state index in [2.05, 4.69) is 20.2 Å². The molecule has 1 amide bonds. The minimum absolute atomic E-state index is 0.00231. The molecule has 0 spiro atoms. The molecule has 1 fully saturated rings. The van der Waals surface area contributed by atoms with E-state index in [0.29, 0.717) is 23.3 Å². The lowest BCUT2D eigenvalue weighted by molar-refractivity contribution is -0.118. The molecular weight excluding hydrogens is 394 g/mol. The zero-order valence-corrected chi connectivity index (χ0v) is 17.7. The maximum Gasteiger partial charge on any atom is 0.230 e. The van der Waals surface area contributed by atoms with Crippen molar-refractivity contribution in [2.45, 2.75) is 37.3 Å². The van der Waals surface area contributed by atoms with E-state index in [0.717, 1.165) is 55.9 Å². The quantitative estimate of drug-likeness (QED) is 0.419. The number of nitrogens with zero attached hydrogens (tertiary/aromatic N) is 3. The Kier molecular flexibility index (Phi) is 6.66. The first-order valence-electron chi connectivity index (χ1n) is 9.98. The first-order valence-corrected chi connectivity index (χ1v) is 11.8. The van der Waals surface area contributed by atoms with Gasteiger partial charge >= 0.3 is 0 Å². The fraction of sp³-hybridized carbons (Fsp3) is 0.632. The highest BCUT2D eigenvalue weighted by molar-refractivity contribution is 7.99. The van der Waals surface area contributed by atoms with Crippen LogP contribution in [0.1, 0.15) is 29.7 Å². The third-order valence-corrected chi connectivity index (χ3v) is 7.29. The summed E-state index contributed by atoms with van der Waals surface area (Å²) in [6.07, 6.45) is 5.90. The van der Waals surface area contributed by atoms with Crippen molar-refractivity contribution in [2.75, 3.05) is 50.9 Å². The molecule has 3 heterocycles. The molecule has 3 N–H and O–H groups in total.